The summed E-state index contributed by atoms with van der Waals surface area (Å²) in [6.07, 6.45) is 2.45. The number of hydrogen-bond acceptors (Lipinski definition) is 12. The third kappa shape index (κ3) is 9.87. The lowest BCUT2D eigenvalue weighted by molar-refractivity contribution is 0.190. The molecule has 0 radical (unpaired) electrons. The monoisotopic (exact) mass is 632 g/mol. The van der Waals surface area contributed by atoms with Gasteiger partial charge >= 0.3 is 0 Å². The number of nitrogens with two attached hydrogens (primary N) is 1. The van der Waals surface area contributed by atoms with E-state index in [1.54, 1.807) is 43.9 Å². The molecular weight excluding hydrogens is 588 g/mol. The highest BCUT2D eigenvalue weighted by Gasteiger charge is 2.16. The Hall–Kier alpha value is -3.79. The second kappa shape index (κ2) is 17.5. The first kappa shape index (κ1) is 36.4. The normalized spacial score (nSPS) is 11.1. The molecular formula is C29H44N8O6S. The van der Waals surface area contributed by atoms with Crippen LogP contribution in [0.4, 0.5) is 5.95 Å². The second-order valence-electron chi connectivity index (χ2n) is 9.75. The van der Waals surface area contributed by atoms with Crippen LogP contribution in [0.25, 0.3) is 22.1 Å². The van der Waals surface area contributed by atoms with Gasteiger partial charge in [-0.25, -0.2) is 18.4 Å². The van der Waals surface area contributed by atoms with E-state index in [4.69, 9.17) is 15.2 Å². The first-order valence-corrected chi connectivity index (χ1v) is 16.2. The molecule has 4 rings (SSSR count). The van der Waals surface area contributed by atoms with Crippen molar-refractivity contribution in [2.45, 2.75) is 58.8 Å². The first-order valence-electron chi connectivity index (χ1n) is 14.3. The zero-order valence-corrected chi connectivity index (χ0v) is 27.4. The number of nitrogens with zero attached hydrogens (tertiary/aromatic N) is 6. The average molecular weight is 633 g/mol. The van der Waals surface area contributed by atoms with Gasteiger partial charge in [-0.2, -0.15) is 9.97 Å². The second-order valence-corrected chi connectivity index (χ2v) is 11.7. The predicted octanol–water partition coefficient (Wildman–Crippen LogP) is 2.07. The van der Waals surface area contributed by atoms with E-state index in [2.05, 4.69) is 25.3 Å². The highest BCUT2D eigenvalue weighted by molar-refractivity contribution is 7.90. The van der Waals surface area contributed by atoms with E-state index in [1.807, 2.05) is 20.8 Å². The first-order chi connectivity index (χ1) is 20.9. The van der Waals surface area contributed by atoms with Crippen LogP contribution < -0.4 is 22.2 Å². The molecule has 4 heterocycles. The number of ether oxygens (including phenoxy) is 2. The lowest BCUT2D eigenvalue weighted by Gasteiger charge is -2.12. The molecule has 0 saturated carbocycles. The van der Waals surface area contributed by atoms with Crippen LogP contribution in [0.15, 0.2) is 39.0 Å². The summed E-state index contributed by atoms with van der Waals surface area (Å²) in [6, 6.07) is 6.41. The Morgan fingerprint density at radius 2 is 1.25 bits per heavy atom. The molecule has 0 aromatic carbocycles. The van der Waals surface area contributed by atoms with Gasteiger partial charge < -0.3 is 20.5 Å². The largest absolute Gasteiger partial charge is 0.385 e. The lowest BCUT2D eigenvalue weighted by atomic mass is 10.2. The fourth-order valence-corrected chi connectivity index (χ4v) is 4.73. The van der Waals surface area contributed by atoms with Crippen molar-refractivity contribution < 1.29 is 17.9 Å². The summed E-state index contributed by atoms with van der Waals surface area (Å²) in [6.45, 7) is 11.1. The maximum atomic E-state index is 12.0. The molecule has 0 fully saturated rings. The van der Waals surface area contributed by atoms with E-state index < -0.39 is 9.84 Å². The fraction of sp³-hybridized carbons (Fsp3) is 0.517. The van der Waals surface area contributed by atoms with Gasteiger partial charge in [0.1, 0.15) is 11.3 Å². The Morgan fingerprint density at radius 3 is 1.68 bits per heavy atom. The Morgan fingerprint density at radius 1 is 0.795 bits per heavy atom. The Kier molecular flexibility index (Phi) is 14.5. The van der Waals surface area contributed by atoms with Crippen molar-refractivity contribution in [3.8, 4) is 0 Å². The van der Waals surface area contributed by atoms with Gasteiger partial charge in [0.05, 0.1) is 11.4 Å². The molecule has 0 amide bonds. The van der Waals surface area contributed by atoms with Crippen LogP contribution in [0.1, 0.15) is 38.1 Å². The minimum Gasteiger partial charge on any atom is -0.385 e. The smallest absolute Gasteiger partial charge is 0.252 e. The van der Waals surface area contributed by atoms with Crippen molar-refractivity contribution in [2.24, 2.45) is 5.73 Å². The number of aromatic nitrogens is 6. The van der Waals surface area contributed by atoms with Crippen LogP contribution in [0, 0.1) is 13.8 Å². The molecule has 0 bridgehead atoms. The molecule has 4 aromatic rings. The van der Waals surface area contributed by atoms with Gasteiger partial charge in [-0.15, -0.1) is 0 Å². The molecule has 14 nitrogen and oxygen atoms in total. The van der Waals surface area contributed by atoms with Crippen LogP contribution in [0.3, 0.4) is 0 Å². The summed E-state index contributed by atoms with van der Waals surface area (Å²) in [4.78, 5) is 41.0. The Bertz CT molecular complexity index is 1760. The average Bonchev–Trinajstić information content (AvgIpc) is 2.96. The van der Waals surface area contributed by atoms with E-state index in [1.165, 1.54) is 10.6 Å². The quantitative estimate of drug-likeness (QED) is 0.181. The van der Waals surface area contributed by atoms with E-state index >= 15 is 0 Å². The number of sulfone groups is 1. The predicted molar refractivity (Wildman–Crippen MR) is 172 cm³/mol. The van der Waals surface area contributed by atoms with Crippen molar-refractivity contribution in [2.75, 3.05) is 52.1 Å². The van der Waals surface area contributed by atoms with Crippen LogP contribution >= 0.6 is 0 Å². The standard InChI is InChI=1S/C14H20N4O2.C13H17N3O4S.C2H7N/c1-4-15-14-16-10(2)11-6-7-12(19)18(13(11)17-14)8-5-9-20-3;1-9-10-5-6-11(17)16(7-4-8-20-2)12(10)15-13(14-9)21(3,18)19;1-2-3/h6-7H,4-5,8-9H2,1-3H3,(H,15,16,17);5-6H,4,7-8H2,1-3H3;2-3H2,1H3. The minimum absolute atomic E-state index is 0.0471. The maximum Gasteiger partial charge on any atom is 0.252 e. The molecule has 0 aliphatic carbocycles. The number of aryl methyl sites for hydroxylation is 4. The fourth-order valence-electron chi connectivity index (χ4n) is 4.18. The molecule has 4 aromatic heterocycles. The number of anilines is 1. The number of hydrogen-bond donors (Lipinski definition) is 2. The van der Waals surface area contributed by atoms with Gasteiger partial charge in [0, 0.05) is 76.2 Å². The molecule has 0 aliphatic heterocycles. The summed E-state index contributed by atoms with van der Waals surface area (Å²) in [5.74, 6) is 0.559. The highest BCUT2D eigenvalue weighted by Crippen LogP contribution is 2.17. The van der Waals surface area contributed by atoms with Crippen LogP contribution in [-0.4, -0.2) is 84.3 Å². The molecule has 242 valence electrons. The zero-order valence-electron chi connectivity index (χ0n) is 26.6. The third-order valence-electron chi connectivity index (χ3n) is 6.17. The zero-order chi connectivity index (χ0) is 32.9. The van der Waals surface area contributed by atoms with E-state index in [9.17, 15) is 18.0 Å². The third-order valence-corrected chi connectivity index (χ3v) is 7.01. The Labute approximate surface area is 257 Å². The summed E-state index contributed by atoms with van der Waals surface area (Å²) < 4.78 is 36.5. The molecule has 0 unspecified atom stereocenters. The number of nitrogens with one attached hydrogen (secondary N) is 1. The number of fused-ring (bicyclic) bond motifs is 2. The molecule has 3 N–H and O–H groups in total. The van der Waals surface area contributed by atoms with Gasteiger partial charge in [-0.1, -0.05) is 6.92 Å². The molecule has 0 atom stereocenters. The van der Waals surface area contributed by atoms with E-state index in [-0.39, 0.29) is 16.3 Å². The summed E-state index contributed by atoms with van der Waals surface area (Å²) in [5, 5.41) is 4.40. The Balaban J connectivity index is 0.000000282. The van der Waals surface area contributed by atoms with Crippen LogP contribution in [0.5, 0.6) is 0 Å². The summed E-state index contributed by atoms with van der Waals surface area (Å²) >= 11 is 0. The lowest BCUT2D eigenvalue weighted by Crippen LogP contribution is -2.22. The van der Waals surface area contributed by atoms with Gasteiger partial charge in [-0.3, -0.25) is 18.7 Å². The van der Waals surface area contributed by atoms with Crippen molar-refractivity contribution in [3.63, 3.8) is 0 Å². The molecule has 0 spiro atoms. The molecule has 44 heavy (non-hydrogen) atoms. The van der Waals surface area contributed by atoms with Gasteiger partial charge in [0.15, 0.2) is 0 Å². The van der Waals surface area contributed by atoms with Gasteiger partial charge in [0.2, 0.25) is 20.9 Å². The SMILES string of the molecule is CCN.CCNc1nc(C)c2ccc(=O)n(CCCOC)c2n1.COCCCn1c(=O)ccc2c(C)nc(S(C)(=O)=O)nc21. The number of pyridine rings is 2. The van der Waals surface area contributed by atoms with E-state index in [0.29, 0.717) is 61.0 Å². The van der Waals surface area contributed by atoms with Crippen molar-refractivity contribution in [1.82, 2.24) is 29.1 Å². The maximum absolute atomic E-state index is 12.0. The van der Waals surface area contributed by atoms with Crippen LogP contribution in [0.2, 0.25) is 0 Å². The highest BCUT2D eigenvalue weighted by atomic mass is 32.2. The number of rotatable bonds is 11. The van der Waals surface area contributed by atoms with Crippen molar-refractivity contribution in [3.05, 3.63) is 56.4 Å². The van der Waals surface area contributed by atoms with Gasteiger partial charge in [-0.05, 0) is 52.3 Å². The molecule has 0 saturated heterocycles. The number of methoxy groups -OCH3 is 2. The van der Waals surface area contributed by atoms with Crippen molar-refractivity contribution >= 4 is 37.9 Å². The topological polar surface area (TPSA) is 186 Å². The van der Waals surface area contributed by atoms with Crippen molar-refractivity contribution in [1.29, 1.82) is 0 Å². The van der Waals surface area contributed by atoms with E-state index in [0.717, 1.165) is 36.8 Å². The van der Waals surface area contributed by atoms with Crippen LogP contribution in [-0.2, 0) is 32.4 Å². The van der Waals surface area contributed by atoms with Gasteiger partial charge in [0.25, 0.3) is 11.1 Å². The summed E-state index contributed by atoms with van der Waals surface area (Å²) in [5.41, 5.74) is 6.99. The summed E-state index contributed by atoms with van der Waals surface area (Å²) in [7, 11) is -0.296. The molecule has 15 heteroatoms. The molecule has 0 aliphatic rings. The minimum atomic E-state index is -3.53.